The van der Waals surface area contributed by atoms with E-state index in [-0.39, 0.29) is 18.7 Å². The monoisotopic (exact) mass is 258 g/mol. The number of rotatable bonds is 2. The van der Waals surface area contributed by atoms with Gasteiger partial charge in [0.2, 0.25) is 0 Å². The first-order chi connectivity index (χ1) is 8.47. The van der Waals surface area contributed by atoms with Gasteiger partial charge in [0.25, 0.3) is 0 Å². The average Bonchev–Trinajstić information content (AvgIpc) is 2.37. The molecular weight excluding hydrogens is 236 g/mol. The number of imide groups is 1. The molecule has 18 heavy (non-hydrogen) atoms. The predicted octanol–water partition coefficient (Wildman–Crippen LogP) is -0.670. The lowest BCUT2D eigenvalue weighted by Gasteiger charge is -2.36. The maximum atomic E-state index is 12.0. The zero-order valence-corrected chi connectivity index (χ0v) is 11.3. The van der Waals surface area contributed by atoms with Crippen LogP contribution in [0.1, 0.15) is 0 Å². The fourth-order valence-electron chi connectivity index (χ4n) is 1.90. The van der Waals surface area contributed by atoms with Crippen LogP contribution in [0.25, 0.3) is 0 Å². The highest BCUT2D eigenvalue weighted by molar-refractivity contribution is 5.93. The summed E-state index contributed by atoms with van der Waals surface area (Å²) >= 11 is 0. The molecule has 1 rings (SSSR count). The molecule has 0 aromatic rings. The van der Waals surface area contributed by atoms with E-state index in [1.807, 2.05) is 0 Å². The fraction of sp³-hybridized carbons (Fsp3) is 0.818. The quantitative estimate of drug-likeness (QED) is 0.713. The maximum absolute atomic E-state index is 12.0. The fourth-order valence-corrected chi connectivity index (χ4v) is 1.90. The lowest BCUT2D eigenvalue weighted by molar-refractivity contribution is 0.107. The van der Waals surface area contributed by atoms with Gasteiger partial charge in [-0.25, -0.2) is 14.5 Å². The maximum Gasteiger partial charge on any atom is 0.327 e. The third-order valence-electron chi connectivity index (χ3n) is 3.02. The van der Waals surface area contributed by atoms with E-state index in [1.54, 1.807) is 19.0 Å². The van der Waals surface area contributed by atoms with Crippen molar-refractivity contribution in [2.45, 2.75) is 0 Å². The molecule has 1 N–H and O–H groups in total. The van der Waals surface area contributed by atoms with E-state index in [0.717, 1.165) is 18.0 Å². The van der Waals surface area contributed by atoms with Gasteiger partial charge in [-0.2, -0.15) is 0 Å². The van der Waals surface area contributed by atoms with Gasteiger partial charge in [0.05, 0.1) is 6.61 Å². The molecule has 1 heterocycles. The van der Waals surface area contributed by atoms with Crippen LogP contribution in [0.15, 0.2) is 0 Å². The van der Waals surface area contributed by atoms with Crippen LogP contribution in [-0.4, -0.2) is 97.2 Å². The Kier molecular flexibility index (Phi) is 5.36. The Balaban J connectivity index is 2.47. The highest BCUT2D eigenvalue weighted by Gasteiger charge is 2.26. The van der Waals surface area contributed by atoms with Crippen molar-refractivity contribution >= 4 is 12.1 Å². The smallest absolute Gasteiger partial charge is 0.327 e. The number of amides is 4. The number of urea groups is 2. The van der Waals surface area contributed by atoms with Gasteiger partial charge in [-0.05, 0) is 0 Å². The number of β-amino-alcohol motifs (C(OH)–C–C–N with tert-alkyl or cyclic N) is 1. The molecule has 0 aliphatic carbocycles. The van der Waals surface area contributed by atoms with Crippen molar-refractivity contribution in [1.29, 1.82) is 0 Å². The van der Waals surface area contributed by atoms with E-state index in [2.05, 4.69) is 4.90 Å². The van der Waals surface area contributed by atoms with Crippen LogP contribution in [0.5, 0.6) is 0 Å². The van der Waals surface area contributed by atoms with Crippen molar-refractivity contribution < 1.29 is 14.7 Å². The summed E-state index contributed by atoms with van der Waals surface area (Å²) in [6, 6.07) is -0.588. The number of piperazine rings is 1. The van der Waals surface area contributed by atoms with Crippen molar-refractivity contribution in [1.82, 2.24) is 19.6 Å². The summed E-state index contributed by atoms with van der Waals surface area (Å²) in [5.41, 5.74) is 0. The number of carbonyl (C=O) groups excluding carboxylic acids is 2. The minimum atomic E-state index is -0.321. The first-order valence-electron chi connectivity index (χ1n) is 6.04. The van der Waals surface area contributed by atoms with Crippen LogP contribution in [0.3, 0.4) is 0 Å². The zero-order valence-electron chi connectivity index (χ0n) is 11.3. The number of aliphatic hydroxyl groups excluding tert-OH is 1. The molecule has 1 aliphatic rings. The van der Waals surface area contributed by atoms with Gasteiger partial charge in [0, 0.05) is 53.9 Å². The Hall–Kier alpha value is -1.34. The Bertz CT molecular complexity index is 301. The molecule has 0 radical (unpaired) electrons. The van der Waals surface area contributed by atoms with E-state index in [0.29, 0.717) is 19.6 Å². The Morgan fingerprint density at radius 3 is 2.11 bits per heavy atom. The minimum Gasteiger partial charge on any atom is -0.395 e. The van der Waals surface area contributed by atoms with E-state index in [9.17, 15) is 9.59 Å². The summed E-state index contributed by atoms with van der Waals surface area (Å²) in [4.78, 5) is 30.0. The molecule has 7 nitrogen and oxygen atoms in total. The molecule has 0 saturated carbocycles. The van der Waals surface area contributed by atoms with E-state index < -0.39 is 0 Å². The van der Waals surface area contributed by atoms with E-state index >= 15 is 0 Å². The van der Waals surface area contributed by atoms with Crippen LogP contribution in [0.4, 0.5) is 9.59 Å². The first-order valence-corrected chi connectivity index (χ1v) is 6.04. The second kappa shape index (κ2) is 6.55. The van der Waals surface area contributed by atoms with Crippen molar-refractivity contribution in [3.8, 4) is 0 Å². The molecule has 0 bridgehead atoms. The first kappa shape index (κ1) is 14.7. The van der Waals surface area contributed by atoms with Gasteiger partial charge in [-0.15, -0.1) is 0 Å². The summed E-state index contributed by atoms with van der Waals surface area (Å²) in [6.45, 7) is 3.40. The van der Waals surface area contributed by atoms with Gasteiger partial charge >= 0.3 is 12.1 Å². The third-order valence-corrected chi connectivity index (χ3v) is 3.02. The number of hydrogen-bond acceptors (Lipinski definition) is 4. The van der Waals surface area contributed by atoms with Gasteiger partial charge in [0.1, 0.15) is 0 Å². The van der Waals surface area contributed by atoms with Crippen LogP contribution in [-0.2, 0) is 0 Å². The molecule has 0 aromatic carbocycles. The molecule has 1 aliphatic heterocycles. The van der Waals surface area contributed by atoms with Gasteiger partial charge in [0.15, 0.2) is 0 Å². The molecule has 1 fully saturated rings. The van der Waals surface area contributed by atoms with Crippen molar-refractivity contribution in [2.24, 2.45) is 0 Å². The summed E-state index contributed by atoms with van der Waals surface area (Å²) in [7, 11) is 4.72. The number of carbonyl (C=O) groups is 2. The van der Waals surface area contributed by atoms with E-state index in [1.165, 1.54) is 11.9 Å². The number of aliphatic hydroxyl groups is 1. The molecule has 0 aromatic heterocycles. The summed E-state index contributed by atoms with van der Waals surface area (Å²) in [5, 5.41) is 8.84. The van der Waals surface area contributed by atoms with Crippen molar-refractivity contribution in [2.75, 3.05) is 60.5 Å². The summed E-state index contributed by atoms with van der Waals surface area (Å²) < 4.78 is 0. The van der Waals surface area contributed by atoms with Crippen LogP contribution >= 0.6 is 0 Å². The largest absolute Gasteiger partial charge is 0.395 e. The molecule has 0 spiro atoms. The SMILES string of the molecule is CN(C)C(=O)N(C)C(=O)N1CCN(CCO)CC1. The zero-order chi connectivity index (χ0) is 13.7. The standard InChI is InChI=1S/C11H22N4O3/c1-12(2)10(17)13(3)11(18)15-6-4-14(5-7-15)8-9-16/h16H,4-9H2,1-3H3. The summed E-state index contributed by atoms with van der Waals surface area (Å²) in [5.74, 6) is 0. The lowest BCUT2D eigenvalue weighted by Crippen LogP contribution is -2.54. The molecule has 104 valence electrons. The molecule has 4 amide bonds. The number of hydrogen-bond donors (Lipinski definition) is 1. The second-order valence-corrected chi connectivity index (χ2v) is 4.57. The second-order valence-electron chi connectivity index (χ2n) is 4.57. The minimum absolute atomic E-state index is 0.132. The topological polar surface area (TPSA) is 67.3 Å². The van der Waals surface area contributed by atoms with Crippen LogP contribution in [0.2, 0.25) is 0 Å². The lowest BCUT2D eigenvalue weighted by atomic mass is 10.3. The third kappa shape index (κ3) is 3.58. The summed E-state index contributed by atoms with van der Waals surface area (Å²) in [6.07, 6.45) is 0. The van der Waals surface area contributed by atoms with Crippen LogP contribution in [0, 0.1) is 0 Å². The Morgan fingerprint density at radius 2 is 1.67 bits per heavy atom. The molecule has 0 unspecified atom stereocenters. The van der Waals surface area contributed by atoms with E-state index in [4.69, 9.17) is 5.11 Å². The van der Waals surface area contributed by atoms with Gasteiger partial charge < -0.3 is 14.9 Å². The Labute approximate surface area is 108 Å². The number of nitrogens with zero attached hydrogens (tertiary/aromatic N) is 4. The molecule has 0 atom stereocenters. The predicted molar refractivity (Wildman–Crippen MR) is 67.3 cm³/mol. The average molecular weight is 258 g/mol. The van der Waals surface area contributed by atoms with Crippen molar-refractivity contribution in [3.63, 3.8) is 0 Å². The highest BCUT2D eigenvalue weighted by Crippen LogP contribution is 2.05. The van der Waals surface area contributed by atoms with Gasteiger partial charge in [-0.3, -0.25) is 4.90 Å². The van der Waals surface area contributed by atoms with Gasteiger partial charge in [-0.1, -0.05) is 0 Å². The molecular formula is C11H22N4O3. The molecule has 7 heteroatoms. The van der Waals surface area contributed by atoms with Crippen molar-refractivity contribution in [3.05, 3.63) is 0 Å². The normalized spacial score (nSPS) is 16.6. The van der Waals surface area contributed by atoms with Crippen LogP contribution < -0.4 is 0 Å². The Morgan fingerprint density at radius 1 is 1.11 bits per heavy atom. The molecule has 1 saturated heterocycles. The highest BCUT2D eigenvalue weighted by atomic mass is 16.3.